The zero-order valence-corrected chi connectivity index (χ0v) is 13.8. The Bertz CT molecular complexity index is 851. The number of nitro benzene ring substituents is 1. The monoisotopic (exact) mass is 357 g/mol. The molecule has 134 valence electrons. The third-order valence-electron chi connectivity index (χ3n) is 4.23. The highest BCUT2D eigenvalue weighted by molar-refractivity contribution is 6.20. The van der Waals surface area contributed by atoms with Gasteiger partial charge in [-0.15, -0.1) is 0 Å². The molecule has 0 radical (unpaired) electrons. The molecule has 8 nitrogen and oxygen atoms in total. The summed E-state index contributed by atoms with van der Waals surface area (Å²) in [4.78, 5) is 46.3. The van der Waals surface area contributed by atoms with Crippen molar-refractivity contribution < 1.29 is 28.8 Å². The predicted molar refractivity (Wildman–Crippen MR) is 88.0 cm³/mol. The van der Waals surface area contributed by atoms with Gasteiger partial charge in [0.2, 0.25) is 0 Å². The van der Waals surface area contributed by atoms with E-state index in [9.17, 15) is 24.5 Å². The number of nitrogens with zero attached hydrogens (tertiary/aromatic N) is 1. The summed E-state index contributed by atoms with van der Waals surface area (Å²) in [6.07, 6.45) is 0.711. The van der Waals surface area contributed by atoms with Crippen molar-refractivity contribution in [3.05, 3.63) is 63.2 Å². The van der Waals surface area contributed by atoms with Gasteiger partial charge in [0.1, 0.15) is 6.61 Å². The molecule has 0 amide bonds. The molecule has 3 rings (SSSR count). The van der Waals surface area contributed by atoms with Crippen LogP contribution >= 0.6 is 0 Å². The fourth-order valence-corrected chi connectivity index (χ4v) is 2.93. The van der Waals surface area contributed by atoms with Crippen molar-refractivity contribution in [2.75, 3.05) is 0 Å². The van der Waals surface area contributed by atoms with E-state index in [0.717, 1.165) is 0 Å². The van der Waals surface area contributed by atoms with Crippen LogP contribution in [0.3, 0.4) is 0 Å². The van der Waals surface area contributed by atoms with Crippen molar-refractivity contribution in [2.45, 2.75) is 32.2 Å². The lowest BCUT2D eigenvalue weighted by Crippen LogP contribution is -2.39. The molecular weight excluding hydrogens is 342 g/mol. The summed E-state index contributed by atoms with van der Waals surface area (Å²) in [7, 11) is 0. The molecule has 26 heavy (non-hydrogen) atoms. The first-order valence-corrected chi connectivity index (χ1v) is 7.92. The molecule has 0 N–H and O–H groups in total. The number of carbonyl (C=O) groups is 3. The van der Waals surface area contributed by atoms with Crippen LogP contribution in [0.1, 0.15) is 18.9 Å². The molecule has 0 unspecified atom stereocenters. The van der Waals surface area contributed by atoms with E-state index in [2.05, 4.69) is 0 Å². The zero-order chi connectivity index (χ0) is 18.8. The second kappa shape index (κ2) is 7.01. The molecule has 0 fully saturated rings. The molecule has 1 aliphatic carbocycles. The summed E-state index contributed by atoms with van der Waals surface area (Å²) in [6, 6.07) is 5.62. The van der Waals surface area contributed by atoms with Crippen molar-refractivity contribution in [3.63, 3.8) is 0 Å². The van der Waals surface area contributed by atoms with Gasteiger partial charge < -0.3 is 9.47 Å². The highest BCUT2D eigenvalue weighted by Crippen LogP contribution is 2.30. The number of ketones is 2. The molecule has 1 aromatic rings. The molecule has 1 aliphatic heterocycles. The summed E-state index contributed by atoms with van der Waals surface area (Å²) in [6.45, 7) is 1.53. The average molecular weight is 357 g/mol. The first-order chi connectivity index (χ1) is 12.4. The summed E-state index contributed by atoms with van der Waals surface area (Å²) < 4.78 is 10.7. The molecule has 8 heteroatoms. The van der Waals surface area contributed by atoms with E-state index >= 15 is 0 Å². The van der Waals surface area contributed by atoms with E-state index in [0.29, 0.717) is 5.56 Å². The van der Waals surface area contributed by atoms with E-state index in [1.54, 1.807) is 6.92 Å². The van der Waals surface area contributed by atoms with E-state index < -0.39 is 23.1 Å². The molecule has 2 aliphatic rings. The quantitative estimate of drug-likeness (QED) is 0.349. The minimum atomic E-state index is -0.981. The molecule has 0 bridgehead atoms. The van der Waals surface area contributed by atoms with Crippen LogP contribution < -0.4 is 0 Å². The number of nitro groups is 1. The number of hydrogen-bond donors (Lipinski definition) is 0. The Balaban J connectivity index is 1.65. The third-order valence-corrected chi connectivity index (χ3v) is 4.23. The van der Waals surface area contributed by atoms with Gasteiger partial charge in [0.25, 0.3) is 5.69 Å². The van der Waals surface area contributed by atoms with Crippen molar-refractivity contribution in [1.29, 1.82) is 0 Å². The van der Waals surface area contributed by atoms with E-state index in [1.807, 2.05) is 0 Å². The molecule has 0 spiro atoms. The van der Waals surface area contributed by atoms with Gasteiger partial charge in [-0.2, -0.15) is 0 Å². The second-order valence-electron chi connectivity index (χ2n) is 5.96. The lowest BCUT2D eigenvalue weighted by molar-refractivity contribution is -0.384. The Kier molecular flexibility index (Phi) is 4.77. The van der Waals surface area contributed by atoms with Crippen LogP contribution in [0.25, 0.3) is 0 Å². The lowest BCUT2D eigenvalue weighted by atomic mass is 9.86. The van der Waals surface area contributed by atoms with Gasteiger partial charge in [-0.05, 0) is 36.8 Å². The van der Waals surface area contributed by atoms with Crippen molar-refractivity contribution in [2.24, 2.45) is 0 Å². The van der Waals surface area contributed by atoms with Crippen molar-refractivity contribution in [3.8, 4) is 0 Å². The summed E-state index contributed by atoms with van der Waals surface area (Å²) in [5.41, 5.74) is 1.10. The molecule has 1 heterocycles. The predicted octanol–water partition coefficient (Wildman–Crippen LogP) is 1.82. The van der Waals surface area contributed by atoms with Crippen LogP contribution in [-0.2, 0) is 30.5 Å². The van der Waals surface area contributed by atoms with E-state index in [1.165, 1.54) is 36.4 Å². The summed E-state index contributed by atoms with van der Waals surface area (Å²) >= 11 is 0. The largest absolute Gasteiger partial charge is 0.459 e. The molecular formula is C18H15NO7. The second-order valence-corrected chi connectivity index (χ2v) is 5.96. The van der Waals surface area contributed by atoms with Gasteiger partial charge in [0, 0.05) is 29.7 Å². The van der Waals surface area contributed by atoms with Crippen molar-refractivity contribution >= 4 is 23.2 Å². The Morgan fingerprint density at radius 1 is 1.23 bits per heavy atom. The zero-order valence-electron chi connectivity index (χ0n) is 13.8. The topological polar surface area (TPSA) is 113 Å². The highest BCUT2D eigenvalue weighted by atomic mass is 16.6. The van der Waals surface area contributed by atoms with Crippen LogP contribution in [0, 0.1) is 10.1 Å². The standard InChI is InChI=1S/C18H15NO7/c1-10-17-13(14(20)6-7-15(17)21)8-16(26-10)18(22)25-9-11-2-4-12(5-3-11)19(23)24/h2-7,10,16H,8-9H2,1H3/t10-,16+/m1/s1. The van der Waals surface area contributed by atoms with Crippen LogP contribution in [0.5, 0.6) is 0 Å². The van der Waals surface area contributed by atoms with Crippen molar-refractivity contribution in [1.82, 2.24) is 0 Å². The van der Waals surface area contributed by atoms with Crippen LogP contribution in [0.15, 0.2) is 47.6 Å². The normalized spacial score (nSPS) is 22.2. The Labute approximate surface area is 148 Å². The van der Waals surface area contributed by atoms with Gasteiger partial charge in [-0.1, -0.05) is 0 Å². The van der Waals surface area contributed by atoms with Gasteiger partial charge in [0.05, 0.1) is 11.0 Å². The van der Waals surface area contributed by atoms with Gasteiger partial charge >= 0.3 is 5.97 Å². The minimum Gasteiger partial charge on any atom is -0.459 e. The number of benzene rings is 1. The number of ether oxygens (including phenoxy) is 2. The fourth-order valence-electron chi connectivity index (χ4n) is 2.93. The molecule has 1 aromatic carbocycles. The number of carbonyl (C=O) groups excluding carboxylic acids is 3. The maximum atomic E-state index is 12.3. The molecule has 0 aromatic heterocycles. The maximum Gasteiger partial charge on any atom is 0.335 e. The Morgan fingerprint density at radius 3 is 2.54 bits per heavy atom. The number of allylic oxidation sites excluding steroid dienone is 2. The molecule has 0 saturated carbocycles. The van der Waals surface area contributed by atoms with Crippen LogP contribution in [0.2, 0.25) is 0 Å². The van der Waals surface area contributed by atoms with Gasteiger partial charge in [-0.25, -0.2) is 4.79 Å². The number of rotatable bonds is 4. The third kappa shape index (κ3) is 3.45. The SMILES string of the molecule is C[C@H]1O[C@H](C(=O)OCc2ccc([N+](=O)[O-])cc2)CC2=C1C(=O)C=CC2=O. The summed E-state index contributed by atoms with van der Waals surface area (Å²) in [5, 5.41) is 10.6. The minimum absolute atomic E-state index is 0.0202. The number of non-ortho nitro benzene ring substituents is 1. The smallest absolute Gasteiger partial charge is 0.335 e. The first kappa shape index (κ1) is 17.7. The summed E-state index contributed by atoms with van der Waals surface area (Å²) in [5.74, 6) is -1.25. The van der Waals surface area contributed by atoms with Gasteiger partial charge in [-0.3, -0.25) is 19.7 Å². The Morgan fingerprint density at radius 2 is 1.88 bits per heavy atom. The fraction of sp³-hybridized carbons (Fsp3) is 0.278. The van der Waals surface area contributed by atoms with E-state index in [-0.39, 0.29) is 41.4 Å². The van der Waals surface area contributed by atoms with Crippen LogP contribution in [0.4, 0.5) is 5.69 Å². The molecule has 0 saturated heterocycles. The lowest BCUT2D eigenvalue weighted by Gasteiger charge is -2.30. The Hall–Kier alpha value is -3.13. The number of esters is 1. The van der Waals surface area contributed by atoms with Gasteiger partial charge in [0.15, 0.2) is 17.7 Å². The average Bonchev–Trinajstić information content (AvgIpc) is 2.62. The van der Waals surface area contributed by atoms with E-state index in [4.69, 9.17) is 9.47 Å². The molecule has 2 atom stereocenters. The number of hydrogen-bond acceptors (Lipinski definition) is 7. The maximum absolute atomic E-state index is 12.3. The van der Waals surface area contributed by atoms with Crippen LogP contribution in [-0.4, -0.2) is 34.7 Å². The first-order valence-electron chi connectivity index (χ1n) is 7.92. The highest BCUT2D eigenvalue weighted by Gasteiger charge is 2.38.